The molecule has 2 aromatic heterocycles. The van der Waals surface area contributed by atoms with Crippen LogP contribution in [-0.2, 0) is 13.0 Å². The van der Waals surface area contributed by atoms with E-state index in [1.807, 2.05) is 43.3 Å². The summed E-state index contributed by atoms with van der Waals surface area (Å²) in [6.07, 6.45) is 6.03. The molecule has 0 aliphatic carbocycles. The van der Waals surface area contributed by atoms with Gasteiger partial charge < -0.3 is 21.1 Å². The van der Waals surface area contributed by atoms with Crippen molar-refractivity contribution in [3.8, 4) is 0 Å². The number of aliphatic hydroxyl groups excluding tert-OH is 1. The molecule has 2 unspecified atom stereocenters. The van der Waals surface area contributed by atoms with Gasteiger partial charge >= 0.3 is 0 Å². The Morgan fingerprint density at radius 3 is 2.53 bits per heavy atom. The molecule has 0 radical (unpaired) electrons. The summed E-state index contributed by atoms with van der Waals surface area (Å²) < 4.78 is 0. The molecule has 32 heavy (non-hydrogen) atoms. The molecule has 1 aromatic carbocycles. The van der Waals surface area contributed by atoms with Crippen LogP contribution in [-0.4, -0.2) is 45.5 Å². The minimum atomic E-state index is -0.650. The molecule has 0 fully saturated rings. The maximum atomic E-state index is 12.7. The number of aromatic nitrogens is 2. The lowest BCUT2D eigenvalue weighted by molar-refractivity contribution is 0.0785. The Bertz CT molecular complexity index is 977. The molecule has 4 N–H and O–H groups in total. The van der Waals surface area contributed by atoms with Crippen LogP contribution in [0.2, 0.25) is 0 Å². The Kier molecular flexibility index (Phi) is 8.30. The Labute approximate surface area is 189 Å². The number of hydrogen-bond acceptors (Lipinski definition) is 6. The third kappa shape index (κ3) is 6.35. The number of nitrogen functional groups attached to an aromatic ring is 1. The first kappa shape index (κ1) is 23.4. The second-order valence-electron chi connectivity index (χ2n) is 7.90. The number of anilines is 1. The molecular formula is C25H31N5O2. The topological polar surface area (TPSA) is 104 Å². The Morgan fingerprint density at radius 2 is 1.91 bits per heavy atom. The quantitative estimate of drug-likeness (QED) is 0.454. The van der Waals surface area contributed by atoms with Crippen LogP contribution in [0.15, 0.2) is 67.1 Å². The first-order valence-electron chi connectivity index (χ1n) is 10.8. The Hall–Kier alpha value is -3.29. The van der Waals surface area contributed by atoms with Crippen LogP contribution in [0.4, 0.5) is 5.82 Å². The van der Waals surface area contributed by atoms with Gasteiger partial charge in [0.25, 0.3) is 5.91 Å². The van der Waals surface area contributed by atoms with Gasteiger partial charge in [-0.15, -0.1) is 0 Å². The highest BCUT2D eigenvalue weighted by molar-refractivity contribution is 5.94. The van der Waals surface area contributed by atoms with E-state index in [4.69, 9.17) is 5.73 Å². The third-order valence-electron chi connectivity index (χ3n) is 5.48. The maximum Gasteiger partial charge on any atom is 0.253 e. The smallest absolute Gasteiger partial charge is 0.253 e. The minimum Gasteiger partial charge on any atom is -0.387 e. The van der Waals surface area contributed by atoms with E-state index in [0.29, 0.717) is 24.5 Å². The van der Waals surface area contributed by atoms with Crippen LogP contribution in [0.3, 0.4) is 0 Å². The number of nitrogens with two attached hydrogens (primary N) is 1. The molecule has 3 rings (SSSR count). The van der Waals surface area contributed by atoms with Crippen LogP contribution in [0.1, 0.15) is 46.5 Å². The molecule has 0 saturated heterocycles. The zero-order valence-corrected chi connectivity index (χ0v) is 18.6. The van der Waals surface area contributed by atoms with E-state index in [0.717, 1.165) is 29.5 Å². The van der Waals surface area contributed by atoms with Gasteiger partial charge in [-0.25, -0.2) is 4.98 Å². The van der Waals surface area contributed by atoms with Crippen LogP contribution >= 0.6 is 0 Å². The molecule has 0 bridgehead atoms. The lowest BCUT2D eigenvalue weighted by atomic mass is 10.0. The third-order valence-corrected chi connectivity index (χ3v) is 5.48. The van der Waals surface area contributed by atoms with Gasteiger partial charge in [0.15, 0.2) is 0 Å². The molecule has 0 saturated carbocycles. The van der Waals surface area contributed by atoms with Crippen molar-refractivity contribution in [1.29, 1.82) is 0 Å². The van der Waals surface area contributed by atoms with Gasteiger partial charge in [-0.2, -0.15) is 0 Å². The average Bonchev–Trinajstić information content (AvgIpc) is 2.82. The van der Waals surface area contributed by atoms with E-state index in [-0.39, 0.29) is 11.9 Å². The molecule has 1 amide bonds. The normalized spacial score (nSPS) is 12.8. The largest absolute Gasteiger partial charge is 0.387 e. The summed E-state index contributed by atoms with van der Waals surface area (Å²) in [6.45, 7) is 3.27. The summed E-state index contributed by atoms with van der Waals surface area (Å²) in [6, 6.07) is 14.9. The van der Waals surface area contributed by atoms with Crippen molar-refractivity contribution in [3.05, 3.63) is 89.4 Å². The Balaban J connectivity index is 1.50. The standard InChI is InChI=1S/C25H31N5O2/c1-3-22(24(31)21-10-11-23(26)29-16-21)28-14-12-18-6-8-20(9-7-18)25(32)30(2)17-19-5-4-13-27-15-19/h4-11,13,15-16,22,24,28,31H,3,12,14,17H2,1-2H3,(H2,26,29). The fourth-order valence-electron chi connectivity index (χ4n) is 3.58. The molecule has 7 nitrogen and oxygen atoms in total. The van der Waals surface area contributed by atoms with E-state index in [1.165, 1.54) is 0 Å². The van der Waals surface area contributed by atoms with Gasteiger partial charge in [0, 0.05) is 49.4 Å². The summed E-state index contributed by atoms with van der Waals surface area (Å²) in [7, 11) is 1.79. The monoisotopic (exact) mass is 433 g/mol. The number of nitrogens with zero attached hydrogens (tertiary/aromatic N) is 3. The van der Waals surface area contributed by atoms with Crippen LogP contribution in [0.25, 0.3) is 0 Å². The summed E-state index contributed by atoms with van der Waals surface area (Å²) in [4.78, 5) is 22.5. The zero-order valence-electron chi connectivity index (χ0n) is 18.6. The molecule has 7 heteroatoms. The van der Waals surface area contributed by atoms with Gasteiger partial charge in [0.05, 0.1) is 6.10 Å². The number of amides is 1. The zero-order chi connectivity index (χ0) is 22.9. The summed E-state index contributed by atoms with van der Waals surface area (Å²) in [5.74, 6) is 0.414. The van der Waals surface area contributed by atoms with Gasteiger partial charge in [-0.1, -0.05) is 31.2 Å². The van der Waals surface area contributed by atoms with Gasteiger partial charge in [0.1, 0.15) is 5.82 Å². The highest BCUT2D eigenvalue weighted by Crippen LogP contribution is 2.19. The fourth-order valence-corrected chi connectivity index (χ4v) is 3.58. The molecule has 0 aliphatic rings. The van der Waals surface area contributed by atoms with Crippen molar-refractivity contribution in [2.45, 2.75) is 38.5 Å². The molecule has 2 atom stereocenters. The van der Waals surface area contributed by atoms with E-state index in [1.54, 1.807) is 42.7 Å². The molecule has 3 aromatic rings. The van der Waals surface area contributed by atoms with E-state index >= 15 is 0 Å². The maximum absolute atomic E-state index is 12.7. The number of benzene rings is 1. The molecule has 0 aliphatic heterocycles. The summed E-state index contributed by atoms with van der Waals surface area (Å²) in [5.41, 5.74) is 9.15. The van der Waals surface area contributed by atoms with Crippen molar-refractivity contribution < 1.29 is 9.90 Å². The SMILES string of the molecule is CCC(NCCc1ccc(C(=O)N(C)Cc2cccnc2)cc1)C(O)c1ccc(N)nc1. The van der Waals surface area contributed by atoms with Gasteiger partial charge in [-0.3, -0.25) is 9.78 Å². The number of carbonyl (C=O) groups excluding carboxylic acids is 1. The molecule has 168 valence electrons. The van der Waals surface area contributed by atoms with Gasteiger partial charge in [-0.05, 0) is 54.8 Å². The van der Waals surface area contributed by atoms with Crippen LogP contribution in [0.5, 0.6) is 0 Å². The number of hydrogen-bond donors (Lipinski definition) is 3. The van der Waals surface area contributed by atoms with Crippen molar-refractivity contribution in [1.82, 2.24) is 20.2 Å². The van der Waals surface area contributed by atoms with E-state index < -0.39 is 6.10 Å². The first-order valence-corrected chi connectivity index (χ1v) is 10.8. The summed E-state index contributed by atoms with van der Waals surface area (Å²) in [5, 5.41) is 14.1. The number of aliphatic hydroxyl groups is 1. The molecule has 0 spiro atoms. The number of pyridine rings is 2. The lowest BCUT2D eigenvalue weighted by Crippen LogP contribution is -2.35. The van der Waals surface area contributed by atoms with Crippen molar-refractivity contribution >= 4 is 11.7 Å². The number of rotatable bonds is 10. The van der Waals surface area contributed by atoms with Crippen LogP contribution < -0.4 is 11.1 Å². The highest BCUT2D eigenvalue weighted by Gasteiger charge is 2.19. The first-order chi connectivity index (χ1) is 15.5. The van der Waals surface area contributed by atoms with E-state index in [2.05, 4.69) is 15.3 Å². The number of nitrogens with one attached hydrogen (secondary N) is 1. The van der Waals surface area contributed by atoms with Gasteiger partial charge in [0.2, 0.25) is 0 Å². The average molecular weight is 434 g/mol. The Morgan fingerprint density at radius 1 is 1.12 bits per heavy atom. The molecule has 2 heterocycles. The lowest BCUT2D eigenvalue weighted by Gasteiger charge is -2.23. The summed E-state index contributed by atoms with van der Waals surface area (Å²) >= 11 is 0. The van der Waals surface area contributed by atoms with Crippen molar-refractivity contribution in [2.75, 3.05) is 19.3 Å². The van der Waals surface area contributed by atoms with Crippen molar-refractivity contribution in [3.63, 3.8) is 0 Å². The highest BCUT2D eigenvalue weighted by atomic mass is 16.3. The number of carbonyl (C=O) groups is 1. The second-order valence-corrected chi connectivity index (χ2v) is 7.90. The minimum absolute atomic E-state index is 0.0233. The van der Waals surface area contributed by atoms with E-state index in [9.17, 15) is 9.90 Å². The predicted octanol–water partition coefficient (Wildman–Crippen LogP) is 2.98. The van der Waals surface area contributed by atoms with Crippen molar-refractivity contribution in [2.24, 2.45) is 0 Å². The fraction of sp³-hybridized carbons (Fsp3) is 0.320. The predicted molar refractivity (Wildman–Crippen MR) is 126 cm³/mol. The molecular weight excluding hydrogens is 402 g/mol. The van der Waals surface area contributed by atoms with Crippen LogP contribution in [0, 0.1) is 0 Å². The second kappa shape index (κ2) is 11.4.